The Balaban J connectivity index is 2.59. The van der Waals surface area contributed by atoms with Crippen LogP contribution in [0.5, 0.6) is 0 Å². The molecule has 1 aromatic rings. The van der Waals surface area contributed by atoms with Gasteiger partial charge in [-0.25, -0.2) is 0 Å². The Morgan fingerprint density at radius 3 is 2.75 bits per heavy atom. The summed E-state index contributed by atoms with van der Waals surface area (Å²) in [5.41, 5.74) is 11.6. The van der Waals surface area contributed by atoms with Gasteiger partial charge in [-0.2, -0.15) is 0 Å². The zero-order valence-corrected chi connectivity index (χ0v) is 11.1. The van der Waals surface area contributed by atoms with E-state index in [0.29, 0.717) is 5.92 Å². The zero-order valence-electron chi connectivity index (χ0n) is 10.3. The van der Waals surface area contributed by atoms with Gasteiger partial charge in [0.15, 0.2) is 0 Å². The summed E-state index contributed by atoms with van der Waals surface area (Å²) < 4.78 is 0. The van der Waals surface area contributed by atoms with Crippen molar-refractivity contribution in [3.8, 4) is 0 Å². The maximum Gasteiger partial charge on any atom is 0.0441 e. The molecule has 0 aromatic heterocycles. The number of nitrogens with two attached hydrogens (primary N) is 1. The van der Waals surface area contributed by atoms with Crippen molar-refractivity contribution < 1.29 is 0 Å². The molecule has 1 aliphatic carbocycles. The number of hydrogen-bond donors (Lipinski definition) is 1. The third kappa shape index (κ3) is 1.99. The molecule has 0 amide bonds. The minimum Gasteiger partial charge on any atom is -0.324 e. The molecule has 0 aliphatic heterocycles. The van der Waals surface area contributed by atoms with Gasteiger partial charge in [0, 0.05) is 11.1 Å². The minimum absolute atomic E-state index is 0.157. The lowest BCUT2D eigenvalue weighted by molar-refractivity contribution is 0.463. The van der Waals surface area contributed by atoms with Crippen molar-refractivity contribution in [1.82, 2.24) is 0 Å². The van der Waals surface area contributed by atoms with E-state index < -0.39 is 0 Å². The molecule has 0 fully saturated rings. The molecule has 2 rings (SSSR count). The van der Waals surface area contributed by atoms with E-state index in [1.165, 1.54) is 28.7 Å². The van der Waals surface area contributed by atoms with Crippen LogP contribution in [0.3, 0.4) is 0 Å². The Morgan fingerprint density at radius 2 is 2.06 bits per heavy atom. The van der Waals surface area contributed by atoms with Crippen molar-refractivity contribution in [2.75, 3.05) is 0 Å². The number of aryl methyl sites for hydroxylation is 1. The Kier molecular flexibility index (Phi) is 3.27. The van der Waals surface area contributed by atoms with Gasteiger partial charge in [-0.1, -0.05) is 18.5 Å². The van der Waals surface area contributed by atoms with Crippen molar-refractivity contribution in [2.24, 2.45) is 11.7 Å². The third-order valence-electron chi connectivity index (χ3n) is 3.82. The van der Waals surface area contributed by atoms with E-state index in [-0.39, 0.29) is 6.04 Å². The van der Waals surface area contributed by atoms with E-state index in [0.717, 1.165) is 17.9 Å². The fourth-order valence-corrected chi connectivity index (χ4v) is 3.11. The summed E-state index contributed by atoms with van der Waals surface area (Å²) in [4.78, 5) is 0. The number of benzene rings is 1. The molecule has 2 atom stereocenters. The molecule has 0 spiro atoms. The summed E-state index contributed by atoms with van der Waals surface area (Å²) in [6.45, 7) is 6.53. The standard InChI is InChI=1S/C14H20ClN/c1-8-4-5-11-9(2)7-12(15)10(3)14(11)13(16)6-8/h7-8,13H,4-6,16H2,1-3H3. The van der Waals surface area contributed by atoms with Gasteiger partial charge in [-0.15, -0.1) is 0 Å². The van der Waals surface area contributed by atoms with Crippen molar-refractivity contribution in [2.45, 2.75) is 46.1 Å². The Bertz CT molecular complexity index is 412. The second-order valence-electron chi connectivity index (χ2n) is 5.18. The quantitative estimate of drug-likeness (QED) is 0.680. The molecule has 0 radical (unpaired) electrons. The van der Waals surface area contributed by atoms with Gasteiger partial charge in [0.25, 0.3) is 0 Å². The monoisotopic (exact) mass is 237 g/mol. The molecule has 1 aliphatic rings. The van der Waals surface area contributed by atoms with Crippen molar-refractivity contribution in [3.05, 3.63) is 33.3 Å². The number of halogens is 1. The van der Waals surface area contributed by atoms with Crippen LogP contribution in [0, 0.1) is 19.8 Å². The third-order valence-corrected chi connectivity index (χ3v) is 4.21. The number of fused-ring (bicyclic) bond motifs is 1. The van der Waals surface area contributed by atoms with Gasteiger partial charge in [-0.3, -0.25) is 0 Å². The summed E-state index contributed by atoms with van der Waals surface area (Å²) in [5, 5.41) is 0.862. The van der Waals surface area contributed by atoms with E-state index in [9.17, 15) is 0 Å². The molecular weight excluding hydrogens is 218 g/mol. The molecule has 0 saturated carbocycles. The van der Waals surface area contributed by atoms with Crippen molar-refractivity contribution in [3.63, 3.8) is 0 Å². The molecule has 0 saturated heterocycles. The first-order chi connectivity index (χ1) is 7.50. The lowest BCUT2D eigenvalue weighted by Crippen LogP contribution is -2.15. The summed E-state index contributed by atoms with van der Waals surface area (Å²) in [7, 11) is 0. The lowest BCUT2D eigenvalue weighted by Gasteiger charge is -2.19. The van der Waals surface area contributed by atoms with Crippen LogP contribution >= 0.6 is 11.6 Å². The first-order valence-electron chi connectivity index (χ1n) is 6.04. The molecule has 88 valence electrons. The molecule has 1 aromatic carbocycles. The van der Waals surface area contributed by atoms with Gasteiger partial charge < -0.3 is 5.73 Å². The smallest absolute Gasteiger partial charge is 0.0441 e. The van der Waals surface area contributed by atoms with Crippen LogP contribution in [0.15, 0.2) is 6.07 Å². The number of rotatable bonds is 0. The summed E-state index contributed by atoms with van der Waals surface area (Å²) in [6.07, 6.45) is 3.46. The van der Waals surface area contributed by atoms with Crippen LogP contribution in [0.2, 0.25) is 5.02 Å². The fourth-order valence-electron chi connectivity index (χ4n) is 2.85. The molecular formula is C14H20ClN. The number of hydrogen-bond acceptors (Lipinski definition) is 1. The first kappa shape index (κ1) is 11.9. The lowest BCUT2D eigenvalue weighted by atomic mass is 9.91. The second-order valence-corrected chi connectivity index (χ2v) is 5.59. The molecule has 0 heterocycles. The Morgan fingerprint density at radius 1 is 1.38 bits per heavy atom. The highest BCUT2D eigenvalue weighted by Crippen LogP contribution is 2.36. The highest BCUT2D eigenvalue weighted by atomic mass is 35.5. The first-order valence-corrected chi connectivity index (χ1v) is 6.42. The molecule has 2 heteroatoms. The predicted octanol–water partition coefficient (Wildman–Crippen LogP) is 3.93. The van der Waals surface area contributed by atoms with Gasteiger partial charge >= 0.3 is 0 Å². The van der Waals surface area contributed by atoms with E-state index >= 15 is 0 Å². The van der Waals surface area contributed by atoms with Crippen LogP contribution in [0.1, 0.15) is 48.1 Å². The maximum absolute atomic E-state index is 6.32. The summed E-state index contributed by atoms with van der Waals surface area (Å²) in [5.74, 6) is 0.708. The fraction of sp³-hybridized carbons (Fsp3) is 0.571. The van der Waals surface area contributed by atoms with Crippen molar-refractivity contribution >= 4 is 11.6 Å². The Hall–Kier alpha value is -0.530. The van der Waals surface area contributed by atoms with Gasteiger partial charge in [0.1, 0.15) is 0 Å². The normalized spacial score (nSPS) is 25.1. The van der Waals surface area contributed by atoms with Crippen LogP contribution < -0.4 is 5.73 Å². The van der Waals surface area contributed by atoms with E-state index in [2.05, 4.69) is 26.8 Å². The molecule has 0 bridgehead atoms. The van der Waals surface area contributed by atoms with Crippen LogP contribution in [-0.4, -0.2) is 0 Å². The largest absolute Gasteiger partial charge is 0.324 e. The van der Waals surface area contributed by atoms with Gasteiger partial charge in [0.05, 0.1) is 0 Å². The molecule has 2 unspecified atom stereocenters. The van der Waals surface area contributed by atoms with Crippen molar-refractivity contribution in [1.29, 1.82) is 0 Å². The van der Waals surface area contributed by atoms with Gasteiger partial charge in [0.2, 0.25) is 0 Å². The maximum atomic E-state index is 6.32. The van der Waals surface area contributed by atoms with E-state index in [1.807, 2.05) is 0 Å². The minimum atomic E-state index is 0.157. The highest BCUT2D eigenvalue weighted by molar-refractivity contribution is 6.31. The van der Waals surface area contributed by atoms with Gasteiger partial charge in [-0.05, 0) is 67.3 Å². The average Bonchev–Trinajstić information content (AvgIpc) is 2.34. The molecule has 2 N–H and O–H groups in total. The van der Waals surface area contributed by atoms with E-state index in [4.69, 9.17) is 17.3 Å². The zero-order chi connectivity index (χ0) is 11.9. The van der Waals surface area contributed by atoms with Crippen LogP contribution in [0.4, 0.5) is 0 Å². The van der Waals surface area contributed by atoms with E-state index in [1.54, 1.807) is 0 Å². The highest BCUT2D eigenvalue weighted by Gasteiger charge is 2.23. The van der Waals surface area contributed by atoms with Crippen LogP contribution in [0.25, 0.3) is 0 Å². The summed E-state index contributed by atoms with van der Waals surface area (Å²) in [6, 6.07) is 2.24. The molecule has 16 heavy (non-hydrogen) atoms. The van der Waals surface area contributed by atoms with Crippen LogP contribution in [-0.2, 0) is 6.42 Å². The second kappa shape index (κ2) is 4.38. The SMILES string of the molecule is Cc1cc(Cl)c(C)c2c1CCC(C)CC2N. The predicted molar refractivity (Wildman–Crippen MR) is 70.0 cm³/mol. The topological polar surface area (TPSA) is 26.0 Å². The summed E-state index contributed by atoms with van der Waals surface area (Å²) >= 11 is 6.25. The molecule has 1 nitrogen and oxygen atoms in total. The average molecular weight is 238 g/mol. The Labute approximate surface area is 103 Å².